The number of benzene rings is 1. The van der Waals surface area contributed by atoms with Crippen LogP contribution in [0.15, 0.2) is 12.1 Å². The van der Waals surface area contributed by atoms with Gasteiger partial charge in [-0.25, -0.2) is 9.59 Å². The number of nitro benzene ring substituents is 1. The predicted octanol–water partition coefficient (Wildman–Crippen LogP) is 3.17. The molecule has 1 N–H and O–H groups in total. The van der Waals surface area contributed by atoms with E-state index in [0.29, 0.717) is 5.56 Å². The van der Waals surface area contributed by atoms with Crippen LogP contribution in [0.2, 0.25) is 0 Å². The summed E-state index contributed by atoms with van der Waals surface area (Å²) < 4.78 is 20.5. The van der Waals surface area contributed by atoms with Gasteiger partial charge in [-0.2, -0.15) is 0 Å². The molecule has 10 heteroatoms. The number of amides is 1. The molecule has 0 aliphatic rings. The highest BCUT2D eigenvalue weighted by molar-refractivity contribution is 5.71. The van der Waals surface area contributed by atoms with Gasteiger partial charge in [-0.1, -0.05) is 6.92 Å². The van der Waals surface area contributed by atoms with Crippen molar-refractivity contribution in [2.75, 3.05) is 26.9 Å². The first-order chi connectivity index (χ1) is 13.5. The second-order valence-electron chi connectivity index (χ2n) is 7.20. The standard InChI is InChI=1S/C19H28N2O8/c1-7-27-17(22)11-28-16-9-14(21(24)25)13(8-15(16)26-6)12(2)10-20-18(23)29-19(3,4)5/h8-9,12H,7,10-11H2,1-6H3,(H,20,23). The minimum absolute atomic E-state index is 0.0447. The number of alkyl carbamates (subject to hydrolysis) is 1. The van der Waals surface area contributed by atoms with Crippen molar-refractivity contribution in [3.8, 4) is 11.5 Å². The maximum absolute atomic E-state index is 11.8. The first-order valence-corrected chi connectivity index (χ1v) is 9.10. The van der Waals surface area contributed by atoms with Crippen LogP contribution in [0.4, 0.5) is 10.5 Å². The van der Waals surface area contributed by atoms with E-state index in [9.17, 15) is 19.7 Å². The van der Waals surface area contributed by atoms with E-state index in [1.165, 1.54) is 19.2 Å². The van der Waals surface area contributed by atoms with E-state index in [-0.39, 0.29) is 30.3 Å². The molecule has 0 fully saturated rings. The topological polar surface area (TPSA) is 126 Å². The van der Waals surface area contributed by atoms with Crippen LogP contribution in [0.5, 0.6) is 11.5 Å². The van der Waals surface area contributed by atoms with Crippen LogP contribution >= 0.6 is 0 Å². The van der Waals surface area contributed by atoms with Crippen LogP contribution in [-0.4, -0.2) is 49.5 Å². The Morgan fingerprint density at radius 1 is 1.24 bits per heavy atom. The van der Waals surface area contributed by atoms with Crippen molar-refractivity contribution in [3.63, 3.8) is 0 Å². The number of methoxy groups -OCH3 is 1. The smallest absolute Gasteiger partial charge is 0.407 e. The minimum Gasteiger partial charge on any atom is -0.493 e. The Labute approximate surface area is 169 Å². The second kappa shape index (κ2) is 10.5. The molecule has 0 bridgehead atoms. The van der Waals surface area contributed by atoms with Gasteiger partial charge in [0, 0.05) is 18.0 Å². The number of ether oxygens (including phenoxy) is 4. The predicted molar refractivity (Wildman–Crippen MR) is 104 cm³/mol. The van der Waals surface area contributed by atoms with Gasteiger partial charge < -0.3 is 24.3 Å². The molecule has 162 valence electrons. The summed E-state index contributed by atoms with van der Waals surface area (Å²) >= 11 is 0. The normalized spacial score (nSPS) is 11.9. The highest BCUT2D eigenvalue weighted by Gasteiger charge is 2.25. The first-order valence-electron chi connectivity index (χ1n) is 9.10. The van der Waals surface area contributed by atoms with Crippen molar-refractivity contribution in [2.24, 2.45) is 0 Å². The van der Waals surface area contributed by atoms with Gasteiger partial charge in [0.05, 0.1) is 24.7 Å². The molecule has 1 amide bonds. The fraction of sp³-hybridized carbons (Fsp3) is 0.579. The highest BCUT2D eigenvalue weighted by atomic mass is 16.6. The number of carbonyl (C=O) groups excluding carboxylic acids is 2. The van der Waals surface area contributed by atoms with Crippen LogP contribution in [-0.2, 0) is 14.3 Å². The average Bonchev–Trinajstić information content (AvgIpc) is 2.62. The molecule has 0 aliphatic heterocycles. The van der Waals surface area contributed by atoms with E-state index < -0.39 is 35.1 Å². The number of carbonyl (C=O) groups is 2. The van der Waals surface area contributed by atoms with Crippen LogP contribution in [0.25, 0.3) is 0 Å². The van der Waals surface area contributed by atoms with Crippen molar-refractivity contribution >= 4 is 17.7 Å². The third-order valence-electron chi connectivity index (χ3n) is 3.64. The number of nitrogens with zero attached hydrogens (tertiary/aromatic N) is 1. The third-order valence-corrected chi connectivity index (χ3v) is 3.64. The Morgan fingerprint density at radius 3 is 2.41 bits per heavy atom. The average molecular weight is 412 g/mol. The molecule has 0 saturated carbocycles. The molecule has 0 heterocycles. The van der Waals surface area contributed by atoms with Gasteiger partial charge >= 0.3 is 12.1 Å². The van der Waals surface area contributed by atoms with Crippen LogP contribution < -0.4 is 14.8 Å². The molecule has 0 spiro atoms. The summed E-state index contributed by atoms with van der Waals surface area (Å²) in [5.41, 5.74) is -0.532. The van der Waals surface area contributed by atoms with E-state index in [4.69, 9.17) is 18.9 Å². The quantitative estimate of drug-likeness (QED) is 0.372. The largest absolute Gasteiger partial charge is 0.493 e. The number of nitro groups is 1. The molecule has 1 atom stereocenters. The number of rotatable bonds is 9. The van der Waals surface area contributed by atoms with E-state index in [0.717, 1.165) is 0 Å². The molecule has 1 unspecified atom stereocenters. The van der Waals surface area contributed by atoms with E-state index >= 15 is 0 Å². The van der Waals surface area contributed by atoms with Crippen molar-refractivity contribution < 1.29 is 33.5 Å². The first kappa shape index (κ1) is 24.0. The minimum atomic E-state index is -0.652. The van der Waals surface area contributed by atoms with Gasteiger partial charge in [0.25, 0.3) is 5.69 Å². The van der Waals surface area contributed by atoms with Crippen molar-refractivity contribution in [2.45, 2.75) is 46.1 Å². The molecule has 29 heavy (non-hydrogen) atoms. The number of esters is 1. The van der Waals surface area contributed by atoms with Crippen molar-refractivity contribution in [1.29, 1.82) is 0 Å². The highest BCUT2D eigenvalue weighted by Crippen LogP contribution is 2.38. The second-order valence-corrected chi connectivity index (χ2v) is 7.20. The van der Waals surface area contributed by atoms with Crippen LogP contribution in [0.3, 0.4) is 0 Å². The van der Waals surface area contributed by atoms with Gasteiger partial charge in [-0.15, -0.1) is 0 Å². The Kier molecular flexibility index (Phi) is 8.68. The van der Waals surface area contributed by atoms with Gasteiger partial charge in [0.15, 0.2) is 18.1 Å². The zero-order valence-corrected chi connectivity index (χ0v) is 17.6. The van der Waals surface area contributed by atoms with Crippen LogP contribution in [0.1, 0.15) is 46.1 Å². The maximum atomic E-state index is 11.8. The Balaban J connectivity index is 3.02. The lowest BCUT2D eigenvalue weighted by Crippen LogP contribution is -2.34. The van der Waals surface area contributed by atoms with Crippen molar-refractivity contribution in [3.05, 3.63) is 27.8 Å². The summed E-state index contributed by atoms with van der Waals surface area (Å²) in [6.45, 7) is 8.49. The monoisotopic (exact) mass is 412 g/mol. The Bertz CT molecular complexity index is 742. The third kappa shape index (κ3) is 7.84. The number of hydrogen-bond donors (Lipinski definition) is 1. The molecule has 0 aromatic heterocycles. The zero-order chi connectivity index (χ0) is 22.2. The fourth-order valence-corrected chi connectivity index (χ4v) is 2.39. The Hall–Kier alpha value is -3.04. The summed E-state index contributed by atoms with van der Waals surface area (Å²) in [6, 6.07) is 2.65. The lowest BCUT2D eigenvalue weighted by Gasteiger charge is -2.21. The lowest BCUT2D eigenvalue weighted by atomic mass is 9.98. The summed E-state index contributed by atoms with van der Waals surface area (Å²) in [6.07, 6.45) is -0.617. The fourth-order valence-electron chi connectivity index (χ4n) is 2.39. The number of hydrogen-bond acceptors (Lipinski definition) is 8. The Morgan fingerprint density at radius 2 is 1.90 bits per heavy atom. The molecule has 0 radical (unpaired) electrons. The van der Waals surface area contributed by atoms with Gasteiger partial charge in [-0.05, 0) is 33.8 Å². The summed E-state index contributed by atoms with van der Waals surface area (Å²) in [5.74, 6) is -0.755. The molecule has 0 aliphatic carbocycles. The SMILES string of the molecule is CCOC(=O)COc1cc([N+](=O)[O-])c(C(C)CNC(=O)OC(C)(C)C)cc1OC. The molecule has 0 saturated heterocycles. The summed E-state index contributed by atoms with van der Waals surface area (Å²) in [7, 11) is 1.38. The molecule has 10 nitrogen and oxygen atoms in total. The summed E-state index contributed by atoms with van der Waals surface area (Å²) in [5, 5.41) is 14.1. The molecule has 1 aromatic rings. The summed E-state index contributed by atoms with van der Waals surface area (Å²) in [4.78, 5) is 34.3. The van der Waals surface area contributed by atoms with Gasteiger partial charge in [-0.3, -0.25) is 10.1 Å². The molecule has 1 aromatic carbocycles. The van der Waals surface area contributed by atoms with Gasteiger partial charge in [0.2, 0.25) is 0 Å². The molecular weight excluding hydrogens is 384 g/mol. The number of nitrogens with one attached hydrogen (secondary N) is 1. The maximum Gasteiger partial charge on any atom is 0.407 e. The van der Waals surface area contributed by atoms with E-state index in [2.05, 4.69) is 5.32 Å². The zero-order valence-electron chi connectivity index (χ0n) is 17.6. The van der Waals surface area contributed by atoms with E-state index in [1.54, 1.807) is 34.6 Å². The molecule has 1 rings (SSSR count). The lowest BCUT2D eigenvalue weighted by molar-refractivity contribution is -0.385. The van der Waals surface area contributed by atoms with E-state index in [1.807, 2.05) is 0 Å². The van der Waals surface area contributed by atoms with Crippen LogP contribution in [0, 0.1) is 10.1 Å². The molecular formula is C19H28N2O8. The van der Waals surface area contributed by atoms with Gasteiger partial charge in [0.1, 0.15) is 5.60 Å². The van der Waals surface area contributed by atoms with Crippen molar-refractivity contribution in [1.82, 2.24) is 5.32 Å².